The molecule has 1 aromatic rings. The maximum absolute atomic E-state index is 11.8. The Bertz CT molecular complexity index is 449. The normalized spacial score (nSPS) is 10.2. The Kier molecular flexibility index (Phi) is 6.54. The number of hydrogen-bond donors (Lipinski definition) is 0. The highest BCUT2D eigenvalue weighted by molar-refractivity contribution is 8.00. The maximum Gasteiger partial charge on any atom is 0.306 e. The van der Waals surface area contributed by atoms with Crippen molar-refractivity contribution >= 4 is 46.7 Å². The molecule has 6 heteroatoms. The summed E-state index contributed by atoms with van der Waals surface area (Å²) in [4.78, 5) is 22.7. The first-order valence-electron chi connectivity index (χ1n) is 5.17. The van der Waals surface area contributed by atoms with Crippen LogP contribution in [0.25, 0.3) is 0 Å². The van der Waals surface area contributed by atoms with Gasteiger partial charge in [-0.1, -0.05) is 23.2 Å². The number of hydrogen-bond acceptors (Lipinski definition) is 4. The molecule has 0 spiro atoms. The smallest absolute Gasteiger partial charge is 0.306 e. The van der Waals surface area contributed by atoms with Crippen LogP contribution in [0.4, 0.5) is 0 Å². The number of carbonyl (C=O) groups excluding carboxylic acids is 2. The summed E-state index contributed by atoms with van der Waals surface area (Å²) in [5, 5.41) is 0.843. The second-order valence-corrected chi connectivity index (χ2v) is 5.37. The Morgan fingerprint density at radius 3 is 2.67 bits per heavy atom. The Labute approximate surface area is 120 Å². The largest absolute Gasteiger partial charge is 0.469 e. The van der Waals surface area contributed by atoms with Gasteiger partial charge < -0.3 is 4.74 Å². The minimum Gasteiger partial charge on any atom is -0.469 e. The fourth-order valence-corrected chi connectivity index (χ4v) is 2.53. The van der Waals surface area contributed by atoms with Crippen LogP contribution < -0.4 is 0 Å². The van der Waals surface area contributed by atoms with Crippen molar-refractivity contribution in [3.05, 3.63) is 33.8 Å². The van der Waals surface area contributed by atoms with Gasteiger partial charge in [0.15, 0.2) is 5.78 Å². The van der Waals surface area contributed by atoms with Gasteiger partial charge in [-0.15, -0.1) is 0 Å². The fourth-order valence-electron chi connectivity index (χ4n) is 1.22. The third-order valence-electron chi connectivity index (χ3n) is 2.14. The molecule has 0 saturated heterocycles. The molecule has 1 rings (SSSR count). The quantitative estimate of drug-likeness (QED) is 0.458. The van der Waals surface area contributed by atoms with E-state index in [1.165, 1.54) is 24.9 Å². The lowest BCUT2D eigenvalue weighted by atomic mass is 10.1. The van der Waals surface area contributed by atoms with Crippen molar-refractivity contribution in [1.29, 1.82) is 0 Å². The lowest BCUT2D eigenvalue weighted by Gasteiger charge is -2.04. The average Bonchev–Trinajstić information content (AvgIpc) is 2.34. The number of ketones is 1. The monoisotopic (exact) mass is 306 g/mol. The van der Waals surface area contributed by atoms with Gasteiger partial charge in [0.1, 0.15) is 0 Å². The van der Waals surface area contributed by atoms with Crippen LogP contribution in [0.2, 0.25) is 10.0 Å². The number of carbonyl (C=O) groups is 2. The Hall–Kier alpha value is -0.710. The number of halogens is 2. The Morgan fingerprint density at radius 2 is 2.06 bits per heavy atom. The van der Waals surface area contributed by atoms with Gasteiger partial charge in [0.25, 0.3) is 0 Å². The SMILES string of the molecule is COC(=O)CCSCC(=O)c1ccc(Cl)cc1Cl. The summed E-state index contributed by atoms with van der Waals surface area (Å²) in [6, 6.07) is 4.77. The summed E-state index contributed by atoms with van der Waals surface area (Å²) in [5.74, 6) is 0.466. The molecule has 0 fully saturated rings. The third kappa shape index (κ3) is 4.88. The van der Waals surface area contributed by atoms with Gasteiger partial charge in [-0.05, 0) is 18.2 Å². The summed E-state index contributed by atoms with van der Waals surface area (Å²) >= 11 is 13.0. The van der Waals surface area contributed by atoms with E-state index in [0.29, 0.717) is 27.8 Å². The molecule has 0 aliphatic rings. The Morgan fingerprint density at radius 1 is 1.33 bits per heavy atom. The molecule has 0 bridgehead atoms. The highest BCUT2D eigenvalue weighted by Crippen LogP contribution is 2.22. The van der Waals surface area contributed by atoms with Crippen LogP contribution in [0.15, 0.2) is 18.2 Å². The molecule has 0 atom stereocenters. The molecular weight excluding hydrogens is 295 g/mol. The van der Waals surface area contributed by atoms with E-state index >= 15 is 0 Å². The number of benzene rings is 1. The Balaban J connectivity index is 2.43. The van der Waals surface area contributed by atoms with Crippen molar-refractivity contribution in [3.8, 4) is 0 Å². The van der Waals surface area contributed by atoms with Gasteiger partial charge >= 0.3 is 5.97 Å². The topological polar surface area (TPSA) is 43.4 Å². The van der Waals surface area contributed by atoms with Crippen LogP contribution in [0.1, 0.15) is 16.8 Å². The summed E-state index contributed by atoms with van der Waals surface area (Å²) < 4.78 is 4.50. The summed E-state index contributed by atoms with van der Waals surface area (Å²) in [6.07, 6.45) is 0.294. The second kappa shape index (κ2) is 7.67. The first-order chi connectivity index (χ1) is 8.54. The molecule has 0 unspecified atom stereocenters. The zero-order valence-corrected chi connectivity index (χ0v) is 12.1. The first kappa shape index (κ1) is 15.3. The van der Waals surface area contributed by atoms with Crippen molar-refractivity contribution in [2.24, 2.45) is 0 Å². The van der Waals surface area contributed by atoms with Crippen LogP contribution in [0.3, 0.4) is 0 Å². The molecule has 18 heavy (non-hydrogen) atoms. The minimum atomic E-state index is -0.278. The second-order valence-electron chi connectivity index (χ2n) is 3.43. The van der Waals surface area contributed by atoms with E-state index in [0.717, 1.165) is 0 Å². The van der Waals surface area contributed by atoms with Gasteiger partial charge in [-0.2, -0.15) is 11.8 Å². The molecule has 0 saturated carbocycles. The number of rotatable bonds is 6. The van der Waals surface area contributed by atoms with E-state index in [1.807, 2.05) is 0 Å². The maximum atomic E-state index is 11.8. The number of thioether (sulfide) groups is 1. The summed E-state index contributed by atoms with van der Waals surface area (Å²) in [7, 11) is 1.34. The lowest BCUT2D eigenvalue weighted by molar-refractivity contribution is -0.140. The molecule has 0 aliphatic carbocycles. The van der Waals surface area contributed by atoms with E-state index in [4.69, 9.17) is 23.2 Å². The molecule has 0 aromatic heterocycles. The molecule has 0 aliphatic heterocycles. The number of ether oxygens (including phenoxy) is 1. The van der Waals surface area contributed by atoms with Crippen molar-refractivity contribution in [2.75, 3.05) is 18.6 Å². The third-order valence-corrected chi connectivity index (χ3v) is 3.65. The van der Waals surface area contributed by atoms with Crippen LogP contribution in [0, 0.1) is 0 Å². The van der Waals surface area contributed by atoms with Crippen LogP contribution in [0.5, 0.6) is 0 Å². The van der Waals surface area contributed by atoms with Gasteiger partial charge in [-0.25, -0.2) is 0 Å². The number of methoxy groups -OCH3 is 1. The molecule has 0 N–H and O–H groups in total. The summed E-state index contributed by atoms with van der Waals surface area (Å²) in [5.41, 5.74) is 0.451. The van der Waals surface area contributed by atoms with Gasteiger partial charge in [0.2, 0.25) is 0 Å². The van der Waals surface area contributed by atoms with Crippen molar-refractivity contribution < 1.29 is 14.3 Å². The van der Waals surface area contributed by atoms with Gasteiger partial charge in [0, 0.05) is 16.3 Å². The van der Waals surface area contributed by atoms with Crippen LogP contribution in [-0.2, 0) is 9.53 Å². The van der Waals surface area contributed by atoms with E-state index in [1.54, 1.807) is 12.1 Å². The fraction of sp³-hybridized carbons (Fsp3) is 0.333. The molecule has 3 nitrogen and oxygen atoms in total. The summed E-state index contributed by atoms with van der Waals surface area (Å²) in [6.45, 7) is 0. The standard InChI is InChI=1S/C12H12Cl2O3S/c1-17-12(16)4-5-18-7-11(15)9-3-2-8(13)6-10(9)14/h2-3,6H,4-5,7H2,1H3. The lowest BCUT2D eigenvalue weighted by Crippen LogP contribution is -2.06. The predicted octanol–water partition coefficient (Wildman–Crippen LogP) is 3.47. The minimum absolute atomic E-state index is 0.0773. The highest BCUT2D eigenvalue weighted by Gasteiger charge is 2.11. The number of esters is 1. The molecule has 0 heterocycles. The van der Waals surface area contributed by atoms with Crippen LogP contribution >= 0.6 is 35.0 Å². The highest BCUT2D eigenvalue weighted by atomic mass is 35.5. The van der Waals surface area contributed by atoms with Crippen LogP contribution in [-0.4, -0.2) is 30.4 Å². The molecule has 1 aromatic carbocycles. The molecule has 98 valence electrons. The van der Waals surface area contributed by atoms with Gasteiger partial charge in [-0.3, -0.25) is 9.59 Å². The van der Waals surface area contributed by atoms with E-state index < -0.39 is 0 Å². The van der Waals surface area contributed by atoms with Gasteiger partial charge in [0.05, 0.1) is 24.3 Å². The zero-order valence-electron chi connectivity index (χ0n) is 9.74. The molecule has 0 amide bonds. The van der Waals surface area contributed by atoms with E-state index in [-0.39, 0.29) is 17.5 Å². The zero-order chi connectivity index (χ0) is 13.5. The van der Waals surface area contributed by atoms with Crippen molar-refractivity contribution in [3.63, 3.8) is 0 Å². The van der Waals surface area contributed by atoms with Crippen molar-refractivity contribution in [1.82, 2.24) is 0 Å². The van der Waals surface area contributed by atoms with E-state index in [9.17, 15) is 9.59 Å². The average molecular weight is 307 g/mol. The predicted molar refractivity (Wildman–Crippen MR) is 74.8 cm³/mol. The first-order valence-corrected chi connectivity index (χ1v) is 7.08. The molecular formula is C12H12Cl2O3S. The molecule has 0 radical (unpaired) electrons. The van der Waals surface area contributed by atoms with E-state index in [2.05, 4.69) is 4.74 Å². The van der Waals surface area contributed by atoms with Crippen molar-refractivity contribution in [2.45, 2.75) is 6.42 Å². The number of Topliss-reactive ketones (excluding diaryl/α,β-unsaturated/α-hetero) is 1.